The Morgan fingerprint density at radius 3 is 2.80 bits per heavy atom. The molecule has 5 nitrogen and oxygen atoms in total. The van der Waals surface area contributed by atoms with Crippen LogP contribution in [0.2, 0.25) is 0 Å². The third-order valence-electron chi connectivity index (χ3n) is 5.53. The molecular weight excluding hydrogens is 260 g/mol. The first kappa shape index (κ1) is 13.8. The maximum absolute atomic E-state index is 12.2. The monoisotopic (exact) mass is 280 g/mol. The van der Waals surface area contributed by atoms with E-state index in [-0.39, 0.29) is 17.6 Å². The first-order chi connectivity index (χ1) is 9.33. The fourth-order valence-electron chi connectivity index (χ4n) is 4.26. The number of ketones is 1. The first-order valence-corrected chi connectivity index (χ1v) is 7.10. The molecule has 20 heavy (non-hydrogen) atoms. The Morgan fingerprint density at radius 1 is 1.45 bits per heavy atom. The first-order valence-electron chi connectivity index (χ1n) is 7.10. The summed E-state index contributed by atoms with van der Waals surface area (Å²) in [6.45, 7) is 3.27. The highest BCUT2D eigenvalue weighted by Gasteiger charge is 2.62. The maximum atomic E-state index is 12.2. The molecule has 0 bridgehead atoms. The van der Waals surface area contributed by atoms with Gasteiger partial charge in [-0.15, -0.1) is 0 Å². The average molecular weight is 280 g/mol. The van der Waals surface area contributed by atoms with Crippen LogP contribution in [0.3, 0.4) is 0 Å². The molecule has 2 fully saturated rings. The minimum atomic E-state index is -1.87. The minimum absolute atomic E-state index is 0.0367. The van der Waals surface area contributed by atoms with E-state index in [1.54, 1.807) is 6.08 Å². The highest BCUT2D eigenvalue weighted by Crippen LogP contribution is 2.53. The quantitative estimate of drug-likeness (QED) is 0.681. The van der Waals surface area contributed by atoms with Crippen LogP contribution in [0, 0.1) is 23.2 Å². The van der Waals surface area contributed by atoms with E-state index in [9.17, 15) is 19.8 Å². The van der Waals surface area contributed by atoms with Gasteiger partial charge in [-0.05, 0) is 30.8 Å². The highest BCUT2D eigenvalue weighted by molar-refractivity contribution is 5.97. The van der Waals surface area contributed by atoms with Crippen molar-refractivity contribution >= 4 is 11.8 Å². The van der Waals surface area contributed by atoms with Crippen molar-refractivity contribution in [2.45, 2.75) is 38.4 Å². The summed E-state index contributed by atoms with van der Waals surface area (Å²) < 4.78 is 5.28. The second-order valence-corrected chi connectivity index (χ2v) is 6.72. The van der Waals surface area contributed by atoms with Crippen LogP contribution in [-0.2, 0) is 14.3 Å². The van der Waals surface area contributed by atoms with Gasteiger partial charge in [0.25, 0.3) is 0 Å². The summed E-state index contributed by atoms with van der Waals surface area (Å²) in [5.74, 6) is -0.965. The largest absolute Gasteiger partial charge is 0.460 e. The van der Waals surface area contributed by atoms with E-state index in [0.29, 0.717) is 12.8 Å². The SMILES string of the molecule is C[C@@H]1C[C@H]2OC(=O)[C@@](O)(CO)[C@H]2C[C@]2(C)C(=O)C=C[C@@H]12. The molecule has 110 valence electrons. The standard InChI is InChI=1S/C15H20O5/c1-8-5-11-10(15(19,7-16)13(18)20-11)6-14(2)9(8)3-4-12(14)17/h3-4,8-11,16,19H,5-7H2,1-2H3/t8-,9+,10+,11-,14+,15-/m1/s1. The van der Waals surface area contributed by atoms with Gasteiger partial charge in [-0.2, -0.15) is 0 Å². The van der Waals surface area contributed by atoms with E-state index >= 15 is 0 Å². The van der Waals surface area contributed by atoms with Gasteiger partial charge in [0.1, 0.15) is 6.10 Å². The maximum Gasteiger partial charge on any atom is 0.341 e. The fourth-order valence-corrected chi connectivity index (χ4v) is 4.26. The predicted molar refractivity (Wildman–Crippen MR) is 69.5 cm³/mol. The van der Waals surface area contributed by atoms with Crippen LogP contribution in [0.25, 0.3) is 0 Å². The Hall–Kier alpha value is -1.20. The van der Waals surface area contributed by atoms with Crippen LogP contribution in [0.15, 0.2) is 12.2 Å². The summed E-state index contributed by atoms with van der Waals surface area (Å²) in [7, 11) is 0. The summed E-state index contributed by atoms with van der Waals surface area (Å²) in [6, 6.07) is 0. The molecule has 0 aromatic carbocycles. The van der Waals surface area contributed by atoms with Gasteiger partial charge in [-0.3, -0.25) is 4.79 Å². The highest BCUT2D eigenvalue weighted by atomic mass is 16.6. The van der Waals surface area contributed by atoms with Crippen molar-refractivity contribution in [3.05, 3.63) is 12.2 Å². The van der Waals surface area contributed by atoms with E-state index in [2.05, 4.69) is 0 Å². The lowest BCUT2D eigenvalue weighted by Crippen LogP contribution is -2.48. The lowest BCUT2D eigenvalue weighted by atomic mass is 9.68. The van der Waals surface area contributed by atoms with Crippen molar-refractivity contribution in [3.63, 3.8) is 0 Å². The molecule has 0 aromatic rings. The van der Waals surface area contributed by atoms with Crippen LogP contribution in [0.1, 0.15) is 26.7 Å². The molecule has 0 amide bonds. The molecule has 0 unspecified atom stereocenters. The van der Waals surface area contributed by atoms with Gasteiger partial charge in [0, 0.05) is 11.3 Å². The number of rotatable bonds is 1. The molecule has 3 rings (SSSR count). The third-order valence-corrected chi connectivity index (χ3v) is 5.53. The Balaban J connectivity index is 2.02. The zero-order valence-corrected chi connectivity index (χ0v) is 11.7. The summed E-state index contributed by atoms with van der Waals surface area (Å²) in [6.07, 6.45) is 4.10. The average Bonchev–Trinajstić information content (AvgIpc) is 2.76. The van der Waals surface area contributed by atoms with Gasteiger partial charge < -0.3 is 14.9 Å². The molecule has 1 saturated carbocycles. The van der Waals surface area contributed by atoms with E-state index in [0.717, 1.165) is 0 Å². The molecule has 2 N–H and O–H groups in total. The number of esters is 1. The molecule has 2 aliphatic carbocycles. The zero-order chi connectivity index (χ0) is 14.7. The number of hydrogen-bond acceptors (Lipinski definition) is 5. The number of hydrogen-bond donors (Lipinski definition) is 2. The zero-order valence-electron chi connectivity index (χ0n) is 11.7. The van der Waals surface area contributed by atoms with Crippen LogP contribution < -0.4 is 0 Å². The summed E-state index contributed by atoms with van der Waals surface area (Å²) >= 11 is 0. The normalized spacial score (nSPS) is 50.6. The van der Waals surface area contributed by atoms with Crippen LogP contribution in [0.4, 0.5) is 0 Å². The van der Waals surface area contributed by atoms with E-state index in [1.807, 2.05) is 19.9 Å². The summed E-state index contributed by atoms with van der Waals surface area (Å²) in [5.41, 5.74) is -2.48. The predicted octanol–water partition coefficient (Wildman–Crippen LogP) is 0.443. The number of aliphatic hydroxyl groups is 2. The van der Waals surface area contributed by atoms with Gasteiger partial charge in [0.15, 0.2) is 11.4 Å². The second kappa shape index (κ2) is 4.15. The van der Waals surface area contributed by atoms with E-state index < -0.39 is 35.6 Å². The lowest BCUT2D eigenvalue weighted by Gasteiger charge is -2.34. The van der Waals surface area contributed by atoms with Crippen LogP contribution in [0.5, 0.6) is 0 Å². The number of carbonyl (C=O) groups is 2. The van der Waals surface area contributed by atoms with Crippen LogP contribution in [-0.4, -0.2) is 40.3 Å². The van der Waals surface area contributed by atoms with Gasteiger partial charge in [-0.1, -0.05) is 19.9 Å². The number of aliphatic hydroxyl groups excluding tert-OH is 1. The minimum Gasteiger partial charge on any atom is -0.460 e. The van der Waals surface area contributed by atoms with Crippen molar-refractivity contribution < 1.29 is 24.5 Å². The van der Waals surface area contributed by atoms with Crippen molar-refractivity contribution in [3.8, 4) is 0 Å². The Kier molecular flexibility index (Phi) is 2.86. The number of allylic oxidation sites excluding steroid dienone is 2. The Bertz CT molecular complexity index is 498. The van der Waals surface area contributed by atoms with Gasteiger partial charge in [-0.25, -0.2) is 4.79 Å². The second-order valence-electron chi connectivity index (χ2n) is 6.72. The Morgan fingerprint density at radius 2 is 2.15 bits per heavy atom. The third kappa shape index (κ3) is 1.56. The van der Waals surface area contributed by atoms with Gasteiger partial charge in [0.05, 0.1) is 6.61 Å². The van der Waals surface area contributed by atoms with Crippen molar-refractivity contribution in [1.29, 1.82) is 0 Å². The van der Waals surface area contributed by atoms with Gasteiger partial charge in [0.2, 0.25) is 0 Å². The topological polar surface area (TPSA) is 83.8 Å². The molecule has 1 saturated heterocycles. The van der Waals surface area contributed by atoms with Crippen LogP contribution >= 0.6 is 0 Å². The molecule has 5 heteroatoms. The molecular formula is C15H20O5. The molecule has 0 radical (unpaired) electrons. The summed E-state index contributed by atoms with van der Waals surface area (Å²) in [5, 5.41) is 19.9. The molecule has 6 atom stereocenters. The molecule has 0 spiro atoms. The molecule has 1 aliphatic heterocycles. The molecule has 3 aliphatic rings. The van der Waals surface area contributed by atoms with Crippen molar-refractivity contribution in [1.82, 2.24) is 0 Å². The Labute approximate surface area is 117 Å². The molecule has 0 aromatic heterocycles. The van der Waals surface area contributed by atoms with Crippen molar-refractivity contribution in [2.24, 2.45) is 23.2 Å². The van der Waals surface area contributed by atoms with Crippen molar-refractivity contribution in [2.75, 3.05) is 6.61 Å². The lowest BCUT2D eigenvalue weighted by molar-refractivity contribution is -0.160. The fraction of sp³-hybridized carbons (Fsp3) is 0.733. The summed E-state index contributed by atoms with van der Waals surface area (Å²) in [4.78, 5) is 24.1. The molecule has 1 heterocycles. The van der Waals surface area contributed by atoms with E-state index in [1.165, 1.54) is 0 Å². The number of fused-ring (bicyclic) bond motifs is 2. The smallest absolute Gasteiger partial charge is 0.341 e. The number of ether oxygens (including phenoxy) is 1. The number of carbonyl (C=O) groups excluding carboxylic acids is 2. The van der Waals surface area contributed by atoms with Gasteiger partial charge >= 0.3 is 5.97 Å². The van der Waals surface area contributed by atoms with E-state index in [4.69, 9.17) is 4.74 Å².